The summed E-state index contributed by atoms with van der Waals surface area (Å²) in [5, 5.41) is 10.7. The maximum Gasteiger partial charge on any atom is 0.306 e. The van der Waals surface area contributed by atoms with E-state index < -0.39 is 34.7 Å². The molecule has 0 bridgehead atoms. The second-order valence-corrected chi connectivity index (χ2v) is 5.37. The molecule has 3 N–H and O–H groups in total. The van der Waals surface area contributed by atoms with Gasteiger partial charge in [-0.2, -0.15) is 0 Å². The Morgan fingerprint density at radius 1 is 1.15 bits per heavy atom. The van der Waals surface area contributed by atoms with Gasteiger partial charge in [0.15, 0.2) is 0 Å². The Hall–Kier alpha value is -3.36. The summed E-state index contributed by atoms with van der Waals surface area (Å²) in [6.45, 7) is 2.03. The number of hydrogen-bond donors (Lipinski definition) is 3. The number of methoxy groups -OCH3 is 1. The van der Waals surface area contributed by atoms with Crippen LogP contribution in [0.15, 0.2) is 29.1 Å². The molecular formula is C17H19N3O6. The molecule has 0 unspecified atom stereocenters. The van der Waals surface area contributed by atoms with Crippen LogP contribution < -0.4 is 16.4 Å². The molecule has 0 spiro atoms. The summed E-state index contributed by atoms with van der Waals surface area (Å²) in [5.41, 5.74) is 3.52. The molecule has 9 heteroatoms. The first kappa shape index (κ1) is 19.0. The maximum atomic E-state index is 12.5. The summed E-state index contributed by atoms with van der Waals surface area (Å²) in [4.78, 5) is 47.5. The summed E-state index contributed by atoms with van der Waals surface area (Å²) in [7, 11) is 1.20. The van der Waals surface area contributed by atoms with Crippen LogP contribution in [0.4, 0.5) is 0 Å². The molecule has 0 aliphatic rings. The average molecular weight is 361 g/mol. The van der Waals surface area contributed by atoms with Gasteiger partial charge in [0, 0.05) is 18.4 Å². The van der Waals surface area contributed by atoms with Gasteiger partial charge in [-0.3, -0.25) is 30.0 Å². The van der Waals surface area contributed by atoms with Crippen LogP contribution in [0, 0.1) is 0 Å². The lowest BCUT2D eigenvalue weighted by molar-refractivity contribution is -0.142. The number of rotatable bonds is 5. The van der Waals surface area contributed by atoms with E-state index in [2.05, 4.69) is 15.6 Å². The Balaban J connectivity index is 2.24. The van der Waals surface area contributed by atoms with E-state index in [4.69, 9.17) is 0 Å². The molecule has 9 nitrogen and oxygen atoms in total. The van der Waals surface area contributed by atoms with Crippen LogP contribution in [0.5, 0.6) is 5.75 Å². The van der Waals surface area contributed by atoms with Gasteiger partial charge in [-0.05, 0) is 19.1 Å². The zero-order chi connectivity index (χ0) is 19.3. The number of aryl methyl sites for hydroxylation is 1. The fourth-order valence-electron chi connectivity index (χ4n) is 2.48. The van der Waals surface area contributed by atoms with E-state index in [-0.39, 0.29) is 12.8 Å². The number of ether oxygens (including phenoxy) is 1. The lowest BCUT2D eigenvalue weighted by Gasteiger charge is -2.13. The van der Waals surface area contributed by atoms with Crippen LogP contribution in [0.3, 0.4) is 0 Å². The van der Waals surface area contributed by atoms with Crippen molar-refractivity contribution < 1.29 is 24.2 Å². The molecule has 0 aliphatic heterocycles. The summed E-state index contributed by atoms with van der Waals surface area (Å²) < 4.78 is 5.76. The highest BCUT2D eigenvalue weighted by Gasteiger charge is 2.22. The molecule has 138 valence electrons. The highest BCUT2D eigenvalue weighted by molar-refractivity contribution is 6.02. The number of aromatic hydroxyl groups is 1. The molecule has 0 saturated heterocycles. The molecule has 26 heavy (non-hydrogen) atoms. The number of amides is 2. The van der Waals surface area contributed by atoms with Crippen LogP contribution in [-0.4, -0.2) is 34.6 Å². The molecule has 0 aliphatic carbocycles. The van der Waals surface area contributed by atoms with E-state index in [0.717, 1.165) is 0 Å². The number of hydrazine groups is 1. The third kappa shape index (κ3) is 3.82. The summed E-state index contributed by atoms with van der Waals surface area (Å²) in [6, 6.07) is 6.63. The molecule has 0 saturated carbocycles. The quantitative estimate of drug-likeness (QED) is 0.524. The maximum absolute atomic E-state index is 12.5. The summed E-state index contributed by atoms with van der Waals surface area (Å²) >= 11 is 0. The van der Waals surface area contributed by atoms with Crippen molar-refractivity contribution in [2.24, 2.45) is 0 Å². The van der Waals surface area contributed by atoms with Gasteiger partial charge in [0.1, 0.15) is 11.3 Å². The zero-order valence-corrected chi connectivity index (χ0v) is 14.4. The largest absolute Gasteiger partial charge is 0.506 e. The third-order valence-electron chi connectivity index (χ3n) is 3.79. The number of nitrogens with zero attached hydrogens (tertiary/aromatic N) is 1. The van der Waals surface area contributed by atoms with Crippen LogP contribution in [0.2, 0.25) is 0 Å². The fourth-order valence-corrected chi connectivity index (χ4v) is 2.48. The van der Waals surface area contributed by atoms with Crippen LogP contribution in [-0.2, 0) is 20.9 Å². The van der Waals surface area contributed by atoms with E-state index in [1.807, 2.05) is 0 Å². The Morgan fingerprint density at radius 2 is 1.85 bits per heavy atom. The van der Waals surface area contributed by atoms with Crippen molar-refractivity contribution in [2.75, 3.05) is 7.11 Å². The summed E-state index contributed by atoms with van der Waals surface area (Å²) in [6.07, 6.45) is -0.349. The Kier molecular flexibility index (Phi) is 5.94. The van der Waals surface area contributed by atoms with E-state index in [0.29, 0.717) is 17.4 Å². The highest BCUT2D eigenvalue weighted by atomic mass is 16.5. The molecule has 0 radical (unpaired) electrons. The Labute approximate surface area is 148 Å². The van der Waals surface area contributed by atoms with E-state index in [9.17, 15) is 24.3 Å². The molecule has 2 amide bonds. The van der Waals surface area contributed by atoms with Gasteiger partial charge < -0.3 is 14.4 Å². The number of carbonyl (C=O) groups is 3. The van der Waals surface area contributed by atoms with Crippen LogP contribution >= 0.6 is 0 Å². The van der Waals surface area contributed by atoms with Crippen molar-refractivity contribution in [1.82, 2.24) is 15.4 Å². The molecule has 2 rings (SSSR count). The molecule has 0 fully saturated rings. The molecule has 2 aromatic rings. The minimum Gasteiger partial charge on any atom is -0.506 e. The van der Waals surface area contributed by atoms with Gasteiger partial charge in [0.2, 0.25) is 5.91 Å². The van der Waals surface area contributed by atoms with Crippen LogP contribution in [0.25, 0.3) is 10.9 Å². The molecule has 0 atom stereocenters. The van der Waals surface area contributed by atoms with Crippen molar-refractivity contribution in [3.63, 3.8) is 0 Å². The van der Waals surface area contributed by atoms with Gasteiger partial charge in [-0.15, -0.1) is 0 Å². The summed E-state index contributed by atoms with van der Waals surface area (Å²) in [5.74, 6) is -2.62. The Morgan fingerprint density at radius 3 is 2.50 bits per heavy atom. The lowest BCUT2D eigenvalue weighted by atomic mass is 10.1. The first-order chi connectivity index (χ1) is 12.4. The number of esters is 1. The zero-order valence-electron chi connectivity index (χ0n) is 14.4. The minimum absolute atomic E-state index is 0.151. The molecule has 1 aromatic heterocycles. The average Bonchev–Trinajstić information content (AvgIpc) is 2.64. The van der Waals surface area contributed by atoms with Gasteiger partial charge in [0.05, 0.1) is 19.0 Å². The molecular weight excluding hydrogens is 342 g/mol. The molecule has 1 aromatic carbocycles. The van der Waals surface area contributed by atoms with Gasteiger partial charge in [-0.1, -0.05) is 12.1 Å². The van der Waals surface area contributed by atoms with Crippen molar-refractivity contribution >= 4 is 28.7 Å². The second-order valence-electron chi connectivity index (χ2n) is 5.37. The topological polar surface area (TPSA) is 127 Å². The second kappa shape index (κ2) is 8.15. The van der Waals surface area contributed by atoms with Crippen molar-refractivity contribution in [1.29, 1.82) is 0 Å². The standard InChI is InChI=1S/C17H19N3O6/c1-3-20-11-7-5-4-6-10(11)15(23)14(17(20)25)16(24)19-18-12(21)8-9-13(22)26-2/h4-7,23H,3,8-9H2,1-2H3,(H,18,21)(H,19,24). The van der Waals surface area contributed by atoms with Gasteiger partial charge >= 0.3 is 5.97 Å². The van der Waals surface area contributed by atoms with Crippen molar-refractivity contribution in [2.45, 2.75) is 26.3 Å². The number of hydrogen-bond acceptors (Lipinski definition) is 6. The predicted molar refractivity (Wildman–Crippen MR) is 92.4 cm³/mol. The third-order valence-corrected chi connectivity index (χ3v) is 3.79. The smallest absolute Gasteiger partial charge is 0.306 e. The first-order valence-electron chi connectivity index (χ1n) is 7.91. The van der Waals surface area contributed by atoms with E-state index in [1.54, 1.807) is 31.2 Å². The first-order valence-corrected chi connectivity index (χ1v) is 7.91. The number of fused-ring (bicyclic) bond motifs is 1. The number of para-hydroxylation sites is 1. The number of pyridine rings is 1. The molecule has 1 heterocycles. The van der Waals surface area contributed by atoms with Gasteiger partial charge in [0.25, 0.3) is 11.5 Å². The van der Waals surface area contributed by atoms with Crippen molar-refractivity contribution in [3.8, 4) is 5.75 Å². The highest BCUT2D eigenvalue weighted by Crippen LogP contribution is 2.25. The van der Waals surface area contributed by atoms with E-state index >= 15 is 0 Å². The SMILES string of the molecule is CCn1c(=O)c(C(=O)NNC(=O)CCC(=O)OC)c(O)c2ccccc21. The number of nitrogens with one attached hydrogen (secondary N) is 2. The lowest BCUT2D eigenvalue weighted by Crippen LogP contribution is -2.44. The normalized spacial score (nSPS) is 10.4. The minimum atomic E-state index is -0.952. The van der Waals surface area contributed by atoms with Crippen LogP contribution in [0.1, 0.15) is 30.1 Å². The fraction of sp³-hybridized carbons (Fsp3) is 0.294. The number of carbonyl (C=O) groups excluding carboxylic acids is 3. The van der Waals surface area contributed by atoms with Crippen molar-refractivity contribution in [3.05, 3.63) is 40.2 Å². The number of aromatic nitrogens is 1. The predicted octanol–water partition coefficient (Wildman–Crippen LogP) is 0.441. The van der Waals surface area contributed by atoms with Gasteiger partial charge in [-0.25, -0.2) is 0 Å². The number of benzene rings is 1. The Bertz CT molecular complexity index is 919. The van der Waals surface area contributed by atoms with E-state index in [1.165, 1.54) is 11.7 Å². The monoisotopic (exact) mass is 361 g/mol.